The van der Waals surface area contributed by atoms with Gasteiger partial charge in [0.1, 0.15) is 12.2 Å². The maximum atomic E-state index is 6.46. The molecular formula is C31H48O4Si. The molecule has 1 fully saturated rings. The highest BCUT2D eigenvalue weighted by Crippen LogP contribution is 2.37. The van der Waals surface area contributed by atoms with Gasteiger partial charge in [0, 0.05) is 12.5 Å². The van der Waals surface area contributed by atoms with Crippen LogP contribution in [0.15, 0.2) is 54.6 Å². The third-order valence-electron chi connectivity index (χ3n) is 6.97. The molecule has 1 aromatic carbocycles. The standard InChI is InChI=1S/C31H48O4Si/c1-10-28(32-24-26-20-16-14-17-21-26)29-23-27(33-31(6,7)34-29)22-18-13-11-12-15-19-25(2)35-36(8,9)30(3,4)5/h1,11,13-14,16-18,20-22,25,27-29H,12,15,19,23-24H2,2-9H3/b13-11+,22-18+/t25-,27+,28+,29-/m1/s1. The number of rotatable bonds is 12. The molecular weight excluding hydrogens is 464 g/mol. The average molecular weight is 513 g/mol. The van der Waals surface area contributed by atoms with E-state index in [1.807, 2.05) is 44.2 Å². The van der Waals surface area contributed by atoms with Crippen molar-refractivity contribution in [3.05, 3.63) is 60.2 Å². The van der Waals surface area contributed by atoms with E-state index in [1.54, 1.807) is 0 Å². The second kappa shape index (κ2) is 13.7. The lowest BCUT2D eigenvalue weighted by Gasteiger charge is -2.41. The highest BCUT2D eigenvalue weighted by molar-refractivity contribution is 6.74. The SMILES string of the molecule is C#C[C@H](OCc1ccccc1)[C@H]1C[C@H](/C=C/C=C/CCC[C@@H](C)O[Si](C)(C)C(C)(C)C)OC(C)(C)O1. The Labute approximate surface area is 221 Å². The topological polar surface area (TPSA) is 36.9 Å². The summed E-state index contributed by atoms with van der Waals surface area (Å²) in [5, 5.41) is 0.250. The molecule has 0 aromatic heterocycles. The molecule has 1 aliphatic heterocycles. The van der Waals surface area contributed by atoms with Crippen LogP contribution in [0, 0.1) is 12.3 Å². The monoisotopic (exact) mass is 512 g/mol. The molecule has 2 rings (SSSR count). The van der Waals surface area contributed by atoms with Crippen molar-refractivity contribution in [1.29, 1.82) is 0 Å². The molecule has 0 N–H and O–H groups in total. The maximum Gasteiger partial charge on any atom is 0.192 e. The summed E-state index contributed by atoms with van der Waals surface area (Å²) in [6.07, 6.45) is 17.7. The number of ether oxygens (including phenoxy) is 3. The van der Waals surface area contributed by atoms with Gasteiger partial charge in [-0.15, -0.1) is 6.42 Å². The second-order valence-corrected chi connectivity index (χ2v) is 16.5. The van der Waals surface area contributed by atoms with Crippen molar-refractivity contribution in [1.82, 2.24) is 0 Å². The van der Waals surface area contributed by atoms with Gasteiger partial charge >= 0.3 is 0 Å². The first kappa shape index (κ1) is 30.5. The molecule has 0 bridgehead atoms. The van der Waals surface area contributed by atoms with Crippen molar-refractivity contribution in [2.75, 3.05) is 0 Å². The van der Waals surface area contributed by atoms with E-state index in [0.29, 0.717) is 19.1 Å². The summed E-state index contributed by atoms with van der Waals surface area (Å²) in [6.45, 7) is 18.0. The number of unbranched alkanes of at least 4 members (excludes halogenated alkanes) is 1. The van der Waals surface area contributed by atoms with E-state index in [-0.39, 0.29) is 17.2 Å². The number of benzene rings is 1. The lowest BCUT2D eigenvalue weighted by molar-refractivity contribution is -0.302. The van der Waals surface area contributed by atoms with E-state index in [1.165, 1.54) is 0 Å². The minimum atomic E-state index is -1.69. The molecule has 5 heteroatoms. The van der Waals surface area contributed by atoms with Crippen LogP contribution >= 0.6 is 0 Å². The third kappa shape index (κ3) is 10.4. The Morgan fingerprint density at radius 1 is 1.17 bits per heavy atom. The Bertz CT molecular complexity index is 876. The van der Waals surface area contributed by atoms with Crippen LogP contribution in [0.2, 0.25) is 18.1 Å². The normalized spacial score (nSPS) is 22.5. The van der Waals surface area contributed by atoms with Gasteiger partial charge in [0.15, 0.2) is 14.1 Å². The summed E-state index contributed by atoms with van der Waals surface area (Å²) >= 11 is 0. The van der Waals surface area contributed by atoms with Crippen molar-refractivity contribution in [2.45, 2.75) is 122 Å². The molecule has 0 spiro atoms. The van der Waals surface area contributed by atoms with Crippen molar-refractivity contribution in [3.63, 3.8) is 0 Å². The van der Waals surface area contributed by atoms with E-state index in [9.17, 15) is 0 Å². The minimum Gasteiger partial charge on any atom is -0.414 e. The molecule has 1 saturated heterocycles. The van der Waals surface area contributed by atoms with Crippen LogP contribution in [-0.4, -0.2) is 38.5 Å². The smallest absolute Gasteiger partial charge is 0.192 e. The van der Waals surface area contributed by atoms with Crippen LogP contribution in [0.1, 0.15) is 72.8 Å². The summed E-state index contributed by atoms with van der Waals surface area (Å²) in [5.74, 6) is 2.04. The zero-order valence-electron chi connectivity index (χ0n) is 23.8. The Morgan fingerprint density at radius 2 is 1.86 bits per heavy atom. The van der Waals surface area contributed by atoms with Gasteiger partial charge in [-0.2, -0.15) is 0 Å². The Hall–Kier alpha value is -1.68. The Balaban J connectivity index is 1.80. The van der Waals surface area contributed by atoms with Crippen molar-refractivity contribution in [3.8, 4) is 12.3 Å². The molecule has 0 aliphatic carbocycles. The minimum absolute atomic E-state index is 0.0856. The van der Waals surface area contributed by atoms with E-state index in [4.69, 9.17) is 25.1 Å². The number of allylic oxidation sites excluding steroid dienone is 3. The van der Waals surface area contributed by atoms with Crippen LogP contribution < -0.4 is 0 Å². The Morgan fingerprint density at radius 3 is 2.50 bits per heavy atom. The molecule has 1 aliphatic rings. The van der Waals surface area contributed by atoms with E-state index < -0.39 is 20.2 Å². The predicted molar refractivity (Wildman–Crippen MR) is 152 cm³/mol. The van der Waals surface area contributed by atoms with E-state index in [0.717, 1.165) is 24.8 Å². The summed E-state index contributed by atoms with van der Waals surface area (Å²) in [4.78, 5) is 0. The first-order valence-electron chi connectivity index (χ1n) is 13.3. The van der Waals surface area contributed by atoms with Crippen LogP contribution in [0.25, 0.3) is 0 Å². The van der Waals surface area contributed by atoms with Crippen LogP contribution in [-0.2, 0) is 25.2 Å². The predicted octanol–water partition coefficient (Wildman–Crippen LogP) is 7.81. The fourth-order valence-corrected chi connectivity index (χ4v) is 5.51. The van der Waals surface area contributed by atoms with E-state index in [2.05, 4.69) is 71.0 Å². The molecule has 0 unspecified atom stereocenters. The van der Waals surface area contributed by atoms with Gasteiger partial charge in [-0.3, -0.25) is 0 Å². The molecule has 0 radical (unpaired) electrons. The summed E-state index contributed by atoms with van der Waals surface area (Å²) in [5.41, 5.74) is 1.09. The van der Waals surface area contributed by atoms with Gasteiger partial charge in [-0.1, -0.05) is 81.3 Å². The fraction of sp³-hybridized carbons (Fsp3) is 0.613. The van der Waals surface area contributed by atoms with Gasteiger partial charge in [0.05, 0.1) is 12.7 Å². The summed E-state index contributed by atoms with van der Waals surface area (Å²) < 4.78 is 24.7. The molecule has 4 atom stereocenters. The lowest BCUT2D eigenvalue weighted by Crippen LogP contribution is -2.48. The van der Waals surface area contributed by atoms with Gasteiger partial charge in [0.2, 0.25) is 0 Å². The largest absolute Gasteiger partial charge is 0.414 e. The number of terminal acetylenes is 1. The van der Waals surface area contributed by atoms with Gasteiger partial charge in [-0.05, 0) is 63.7 Å². The molecule has 0 saturated carbocycles. The molecule has 4 nitrogen and oxygen atoms in total. The van der Waals surface area contributed by atoms with Crippen LogP contribution in [0.3, 0.4) is 0 Å². The summed E-state index contributed by atoms with van der Waals surface area (Å²) in [6, 6.07) is 10.0. The zero-order chi connectivity index (χ0) is 26.8. The molecule has 0 amide bonds. The highest BCUT2D eigenvalue weighted by Gasteiger charge is 2.39. The molecule has 1 aromatic rings. The van der Waals surface area contributed by atoms with Gasteiger partial charge < -0.3 is 18.6 Å². The quantitative estimate of drug-likeness (QED) is 0.124. The highest BCUT2D eigenvalue weighted by atomic mass is 28.4. The summed E-state index contributed by atoms with van der Waals surface area (Å²) in [7, 11) is -1.69. The van der Waals surface area contributed by atoms with Crippen molar-refractivity contribution < 1.29 is 18.6 Å². The van der Waals surface area contributed by atoms with Crippen molar-refractivity contribution in [2.24, 2.45) is 0 Å². The second-order valence-electron chi connectivity index (χ2n) is 11.8. The number of hydrogen-bond donors (Lipinski definition) is 0. The van der Waals surface area contributed by atoms with Crippen molar-refractivity contribution >= 4 is 8.32 Å². The first-order valence-corrected chi connectivity index (χ1v) is 16.2. The lowest BCUT2D eigenvalue weighted by atomic mass is 10.0. The zero-order valence-corrected chi connectivity index (χ0v) is 24.8. The molecule has 1 heterocycles. The molecule has 200 valence electrons. The fourth-order valence-electron chi connectivity index (χ4n) is 4.03. The first-order chi connectivity index (χ1) is 16.8. The van der Waals surface area contributed by atoms with E-state index >= 15 is 0 Å². The third-order valence-corrected chi connectivity index (χ3v) is 11.6. The number of hydrogen-bond acceptors (Lipinski definition) is 4. The Kier molecular flexibility index (Phi) is 11.7. The maximum absolute atomic E-state index is 6.46. The van der Waals surface area contributed by atoms with Crippen LogP contribution in [0.5, 0.6) is 0 Å². The van der Waals surface area contributed by atoms with Gasteiger partial charge in [-0.25, -0.2) is 0 Å². The molecule has 36 heavy (non-hydrogen) atoms. The van der Waals surface area contributed by atoms with Gasteiger partial charge in [0.25, 0.3) is 0 Å². The average Bonchev–Trinajstić information content (AvgIpc) is 2.77. The van der Waals surface area contributed by atoms with Crippen LogP contribution in [0.4, 0.5) is 0 Å².